The number of aryl methyl sites for hydroxylation is 1. The summed E-state index contributed by atoms with van der Waals surface area (Å²) < 4.78 is 1.68. The summed E-state index contributed by atoms with van der Waals surface area (Å²) in [6, 6.07) is 18.8. The fourth-order valence-electron chi connectivity index (χ4n) is 2.98. The number of para-hydroxylation sites is 1. The molecule has 7 heteroatoms. The number of rotatable bonds is 7. The number of benzene rings is 2. The minimum atomic E-state index is -0.498. The van der Waals surface area contributed by atoms with Gasteiger partial charge in [-0.2, -0.15) is 4.57 Å². The third kappa shape index (κ3) is 5.07. The summed E-state index contributed by atoms with van der Waals surface area (Å²) >= 11 is 5.57. The Bertz CT molecular complexity index is 1060. The monoisotopic (exact) mass is 419 g/mol. The lowest BCUT2D eigenvalue weighted by molar-refractivity contribution is -0.577. The number of non-ortho nitro benzene ring substituents is 1. The Morgan fingerprint density at radius 2 is 1.67 bits per heavy atom. The number of nitro benzene ring substituents is 1. The molecular formula is C23H21N3O3S. The smallest absolute Gasteiger partial charge is 0.269 e. The molecule has 0 aliphatic carbocycles. The number of anilines is 1. The average molecular weight is 420 g/mol. The lowest BCUT2D eigenvalue weighted by Gasteiger charge is -2.17. The summed E-state index contributed by atoms with van der Waals surface area (Å²) in [5, 5.41) is 27.3. The molecule has 1 N–H and O–H groups in total. The highest BCUT2D eigenvalue weighted by molar-refractivity contribution is 7.81. The van der Waals surface area contributed by atoms with E-state index in [9.17, 15) is 15.2 Å². The fourth-order valence-corrected chi connectivity index (χ4v) is 3.30. The lowest BCUT2D eigenvalue weighted by Crippen LogP contribution is -2.40. The van der Waals surface area contributed by atoms with Gasteiger partial charge in [-0.25, -0.2) is 0 Å². The van der Waals surface area contributed by atoms with Crippen LogP contribution in [0.1, 0.15) is 24.5 Å². The molecule has 0 atom stereocenters. The molecule has 152 valence electrons. The second-order valence-corrected chi connectivity index (χ2v) is 7.07. The normalized spacial score (nSPS) is 11.5. The van der Waals surface area contributed by atoms with Gasteiger partial charge in [-0.3, -0.25) is 10.1 Å². The highest BCUT2D eigenvalue weighted by Gasteiger charge is 2.19. The van der Waals surface area contributed by atoms with Gasteiger partial charge in [0, 0.05) is 30.0 Å². The van der Waals surface area contributed by atoms with Crippen LogP contribution in [-0.2, 0) is 6.42 Å². The minimum Gasteiger partial charge on any atom is -0.867 e. The maximum absolute atomic E-state index is 13.3. The molecule has 3 aromatic rings. The Kier molecular flexibility index (Phi) is 6.87. The van der Waals surface area contributed by atoms with E-state index in [1.807, 2.05) is 54.9 Å². The van der Waals surface area contributed by atoms with Crippen molar-refractivity contribution in [2.75, 3.05) is 5.32 Å². The van der Waals surface area contributed by atoms with E-state index >= 15 is 0 Å². The largest absolute Gasteiger partial charge is 0.867 e. The third-order valence-corrected chi connectivity index (χ3v) is 4.79. The van der Waals surface area contributed by atoms with E-state index in [1.54, 1.807) is 4.57 Å². The highest BCUT2D eigenvalue weighted by Crippen LogP contribution is 2.20. The SMILES string of the molecule is CCCc1cc[n+](C(C(=S)Nc2ccccc2)=C([O-])c2ccc([N+](=O)[O-])cc2)cc1. The van der Waals surface area contributed by atoms with Crippen molar-refractivity contribution in [1.29, 1.82) is 0 Å². The number of nitrogens with zero attached hydrogens (tertiary/aromatic N) is 2. The molecule has 0 spiro atoms. The Hall–Kier alpha value is -3.58. The lowest BCUT2D eigenvalue weighted by atomic mass is 10.1. The molecule has 3 rings (SSSR count). The zero-order valence-electron chi connectivity index (χ0n) is 16.4. The number of aromatic nitrogens is 1. The number of hydrogen-bond acceptors (Lipinski definition) is 4. The molecule has 0 bridgehead atoms. The first-order valence-corrected chi connectivity index (χ1v) is 9.93. The van der Waals surface area contributed by atoms with E-state index in [4.69, 9.17) is 12.2 Å². The van der Waals surface area contributed by atoms with Gasteiger partial charge < -0.3 is 10.4 Å². The van der Waals surface area contributed by atoms with Gasteiger partial charge in [0.1, 0.15) is 0 Å². The summed E-state index contributed by atoms with van der Waals surface area (Å²) in [5.41, 5.74) is 2.44. The molecule has 1 heterocycles. The Labute approximate surface area is 180 Å². The average Bonchev–Trinajstić information content (AvgIpc) is 2.76. The number of nitrogens with one attached hydrogen (secondary N) is 1. The van der Waals surface area contributed by atoms with Crippen molar-refractivity contribution in [3.8, 4) is 0 Å². The number of pyridine rings is 1. The Balaban J connectivity index is 2.04. The summed E-state index contributed by atoms with van der Waals surface area (Å²) in [7, 11) is 0. The van der Waals surface area contributed by atoms with E-state index in [0.717, 1.165) is 24.1 Å². The summed E-state index contributed by atoms with van der Waals surface area (Å²) in [5.74, 6) is -0.327. The fraction of sp³-hybridized carbons (Fsp3) is 0.130. The van der Waals surface area contributed by atoms with Gasteiger partial charge >= 0.3 is 0 Å². The van der Waals surface area contributed by atoms with Crippen LogP contribution in [0.3, 0.4) is 0 Å². The molecule has 0 saturated heterocycles. The molecule has 30 heavy (non-hydrogen) atoms. The number of hydrogen-bond donors (Lipinski definition) is 1. The van der Waals surface area contributed by atoms with Gasteiger partial charge in [-0.05, 0) is 47.6 Å². The van der Waals surface area contributed by atoms with E-state index in [-0.39, 0.29) is 22.1 Å². The quantitative estimate of drug-likeness (QED) is 0.157. The molecule has 0 aliphatic heterocycles. The number of nitro groups is 1. The van der Waals surface area contributed by atoms with Gasteiger partial charge in [0.2, 0.25) is 5.70 Å². The van der Waals surface area contributed by atoms with Gasteiger partial charge in [0.25, 0.3) is 5.69 Å². The molecule has 2 aromatic carbocycles. The predicted octanol–water partition coefficient (Wildman–Crippen LogP) is 3.96. The van der Waals surface area contributed by atoms with Crippen molar-refractivity contribution >= 4 is 40.0 Å². The van der Waals surface area contributed by atoms with Crippen LogP contribution >= 0.6 is 12.2 Å². The topological polar surface area (TPSA) is 82.1 Å². The van der Waals surface area contributed by atoms with Crippen LogP contribution in [-0.4, -0.2) is 9.91 Å². The van der Waals surface area contributed by atoms with Crippen LogP contribution in [0.2, 0.25) is 0 Å². The number of thiocarbonyl (C=S) groups is 1. The molecule has 0 amide bonds. The molecule has 0 unspecified atom stereocenters. The van der Waals surface area contributed by atoms with Crippen molar-refractivity contribution in [1.82, 2.24) is 0 Å². The summed E-state index contributed by atoms with van der Waals surface area (Å²) in [6.45, 7) is 2.11. The maximum Gasteiger partial charge on any atom is 0.269 e. The van der Waals surface area contributed by atoms with Crippen LogP contribution in [0, 0.1) is 10.1 Å². The van der Waals surface area contributed by atoms with Crippen LogP contribution in [0.25, 0.3) is 11.5 Å². The second-order valence-electron chi connectivity index (χ2n) is 6.67. The van der Waals surface area contributed by atoms with E-state index in [1.165, 1.54) is 24.3 Å². The molecule has 0 aliphatic rings. The van der Waals surface area contributed by atoms with Crippen molar-refractivity contribution in [2.45, 2.75) is 19.8 Å². The van der Waals surface area contributed by atoms with Gasteiger partial charge in [-0.1, -0.05) is 43.8 Å². The van der Waals surface area contributed by atoms with E-state index < -0.39 is 4.92 Å². The minimum absolute atomic E-state index is 0.0744. The summed E-state index contributed by atoms with van der Waals surface area (Å²) in [4.78, 5) is 10.7. The van der Waals surface area contributed by atoms with Crippen LogP contribution in [0.4, 0.5) is 11.4 Å². The second kappa shape index (κ2) is 9.76. The molecule has 0 fully saturated rings. The van der Waals surface area contributed by atoms with Crippen molar-refractivity contribution in [3.63, 3.8) is 0 Å². The standard InChI is InChI=1S/C23H21N3O3S/c1-2-6-17-13-15-25(16-14-17)21(23(30)24-19-7-4-3-5-8-19)22(27)18-9-11-20(12-10-18)26(28)29/h3-5,7-16H,2,6H2,1H3,(H-,24,27,30). The van der Waals surface area contributed by atoms with Gasteiger partial charge in [-0.15, -0.1) is 0 Å². The zero-order chi connectivity index (χ0) is 21.5. The van der Waals surface area contributed by atoms with Crippen LogP contribution < -0.4 is 15.0 Å². The van der Waals surface area contributed by atoms with Crippen molar-refractivity contribution in [3.05, 3.63) is 100 Å². The van der Waals surface area contributed by atoms with E-state index in [0.29, 0.717) is 5.56 Å². The predicted molar refractivity (Wildman–Crippen MR) is 120 cm³/mol. The third-order valence-electron chi connectivity index (χ3n) is 4.50. The van der Waals surface area contributed by atoms with Crippen LogP contribution in [0.15, 0.2) is 79.1 Å². The van der Waals surface area contributed by atoms with Gasteiger partial charge in [0.05, 0.1) is 4.92 Å². The molecule has 0 saturated carbocycles. The molecular weight excluding hydrogens is 398 g/mol. The van der Waals surface area contributed by atoms with Crippen molar-refractivity contribution in [2.24, 2.45) is 0 Å². The van der Waals surface area contributed by atoms with Gasteiger partial charge in [0.15, 0.2) is 17.4 Å². The molecule has 1 aromatic heterocycles. The molecule has 0 radical (unpaired) electrons. The summed E-state index contributed by atoms with van der Waals surface area (Å²) in [6.07, 6.45) is 5.58. The molecule has 6 nitrogen and oxygen atoms in total. The van der Waals surface area contributed by atoms with Crippen LogP contribution in [0.5, 0.6) is 0 Å². The first-order chi connectivity index (χ1) is 14.5. The highest BCUT2D eigenvalue weighted by atomic mass is 32.1. The van der Waals surface area contributed by atoms with E-state index in [2.05, 4.69) is 12.2 Å². The first kappa shape index (κ1) is 21.1. The zero-order valence-corrected chi connectivity index (χ0v) is 17.3. The van der Waals surface area contributed by atoms with Crippen molar-refractivity contribution < 1.29 is 14.6 Å². The Morgan fingerprint density at radius 3 is 2.23 bits per heavy atom. The maximum atomic E-state index is 13.3. The Morgan fingerprint density at radius 1 is 1.03 bits per heavy atom. The first-order valence-electron chi connectivity index (χ1n) is 9.52.